The van der Waals surface area contributed by atoms with Gasteiger partial charge in [0.2, 0.25) is 5.91 Å². The fraction of sp³-hybridized carbons (Fsp3) is 0.778. The molecule has 0 radical (unpaired) electrons. The highest BCUT2D eigenvalue weighted by Gasteiger charge is 2.40. The van der Waals surface area contributed by atoms with Crippen LogP contribution in [-0.2, 0) is 14.3 Å². The molecule has 5 nitrogen and oxygen atoms in total. The van der Waals surface area contributed by atoms with Gasteiger partial charge >= 0.3 is 5.97 Å². The highest BCUT2D eigenvalue weighted by atomic mass is 16.5. The summed E-state index contributed by atoms with van der Waals surface area (Å²) in [6.07, 6.45) is 0.852. The van der Waals surface area contributed by atoms with Gasteiger partial charge in [0.05, 0.1) is 13.7 Å². The van der Waals surface area contributed by atoms with Crippen LogP contribution in [0.3, 0.4) is 0 Å². The SMILES string of the molecule is COC(=O)[C@H](CO)NC(=O)[C@@H]1C[C@@H]1C. The number of hydrogen-bond acceptors (Lipinski definition) is 4. The Labute approximate surface area is 82.4 Å². The number of aliphatic hydroxyl groups is 1. The van der Waals surface area contributed by atoms with Gasteiger partial charge in [0.15, 0.2) is 6.04 Å². The van der Waals surface area contributed by atoms with Crippen LogP contribution in [0.4, 0.5) is 0 Å². The number of amides is 1. The van der Waals surface area contributed by atoms with E-state index in [4.69, 9.17) is 5.11 Å². The van der Waals surface area contributed by atoms with E-state index in [0.29, 0.717) is 5.92 Å². The minimum atomic E-state index is -0.930. The van der Waals surface area contributed by atoms with E-state index in [2.05, 4.69) is 10.1 Å². The molecular formula is C9H15NO4. The van der Waals surface area contributed by atoms with Crippen LogP contribution in [0.15, 0.2) is 0 Å². The van der Waals surface area contributed by atoms with Crippen molar-refractivity contribution >= 4 is 11.9 Å². The number of hydrogen-bond donors (Lipinski definition) is 2. The van der Waals surface area contributed by atoms with Crippen LogP contribution in [0.5, 0.6) is 0 Å². The van der Waals surface area contributed by atoms with Gasteiger partial charge in [-0.1, -0.05) is 6.92 Å². The van der Waals surface area contributed by atoms with E-state index >= 15 is 0 Å². The molecule has 0 aliphatic heterocycles. The average molecular weight is 201 g/mol. The molecule has 1 amide bonds. The van der Waals surface area contributed by atoms with E-state index in [-0.39, 0.29) is 11.8 Å². The molecule has 5 heteroatoms. The number of esters is 1. The van der Waals surface area contributed by atoms with Crippen LogP contribution in [0.1, 0.15) is 13.3 Å². The standard InChI is InChI=1S/C9H15NO4/c1-5-3-6(5)8(12)10-7(4-11)9(13)14-2/h5-7,11H,3-4H2,1-2H3,(H,10,12)/t5-,6+,7-/m0/s1. The molecule has 3 atom stereocenters. The molecule has 1 fully saturated rings. The van der Waals surface area contributed by atoms with Gasteiger partial charge in [-0.2, -0.15) is 0 Å². The Morgan fingerprint density at radius 1 is 1.64 bits per heavy atom. The van der Waals surface area contributed by atoms with Crippen LogP contribution in [0, 0.1) is 11.8 Å². The quantitative estimate of drug-likeness (QED) is 0.589. The van der Waals surface area contributed by atoms with Crippen molar-refractivity contribution in [3.8, 4) is 0 Å². The molecule has 1 aliphatic rings. The van der Waals surface area contributed by atoms with Crippen molar-refractivity contribution in [1.29, 1.82) is 0 Å². The Morgan fingerprint density at radius 3 is 2.57 bits per heavy atom. The van der Waals surface area contributed by atoms with Crippen molar-refractivity contribution in [3.05, 3.63) is 0 Å². The largest absolute Gasteiger partial charge is 0.467 e. The minimum absolute atomic E-state index is 0.00583. The fourth-order valence-corrected chi connectivity index (χ4v) is 1.29. The number of carbonyl (C=O) groups is 2. The number of methoxy groups -OCH3 is 1. The summed E-state index contributed by atoms with van der Waals surface area (Å²) in [7, 11) is 1.22. The van der Waals surface area contributed by atoms with Gasteiger partial charge in [0, 0.05) is 5.92 Å². The summed E-state index contributed by atoms with van der Waals surface area (Å²) in [5.74, 6) is -0.420. The lowest BCUT2D eigenvalue weighted by molar-refractivity contribution is -0.146. The second kappa shape index (κ2) is 4.41. The predicted octanol–water partition coefficient (Wildman–Crippen LogP) is -0.708. The molecule has 1 rings (SSSR count). The van der Waals surface area contributed by atoms with Crippen LogP contribution >= 0.6 is 0 Å². The van der Waals surface area contributed by atoms with Crippen LogP contribution < -0.4 is 5.32 Å². The van der Waals surface area contributed by atoms with Gasteiger partial charge in [-0.25, -0.2) is 4.79 Å². The van der Waals surface area contributed by atoms with E-state index in [1.165, 1.54) is 7.11 Å². The van der Waals surface area contributed by atoms with Crippen molar-refractivity contribution in [1.82, 2.24) is 5.32 Å². The van der Waals surface area contributed by atoms with Crippen LogP contribution in [0.25, 0.3) is 0 Å². The third kappa shape index (κ3) is 2.45. The van der Waals surface area contributed by atoms with E-state index in [1.807, 2.05) is 6.92 Å². The maximum absolute atomic E-state index is 11.4. The third-order valence-corrected chi connectivity index (χ3v) is 2.43. The molecule has 0 spiro atoms. The first-order valence-corrected chi connectivity index (χ1v) is 4.59. The molecule has 0 unspecified atom stereocenters. The molecule has 0 aromatic heterocycles. The number of carbonyl (C=O) groups excluding carboxylic acids is 2. The van der Waals surface area contributed by atoms with Gasteiger partial charge in [-0.15, -0.1) is 0 Å². The summed E-state index contributed by atoms with van der Waals surface area (Å²) in [4.78, 5) is 22.4. The van der Waals surface area contributed by atoms with Crippen molar-refractivity contribution in [3.63, 3.8) is 0 Å². The molecular weight excluding hydrogens is 186 g/mol. The maximum Gasteiger partial charge on any atom is 0.330 e. The number of aliphatic hydroxyl groups excluding tert-OH is 1. The molecule has 0 bridgehead atoms. The first kappa shape index (κ1) is 11.0. The van der Waals surface area contributed by atoms with E-state index in [0.717, 1.165) is 6.42 Å². The molecule has 80 valence electrons. The van der Waals surface area contributed by atoms with E-state index in [9.17, 15) is 9.59 Å². The Morgan fingerprint density at radius 2 is 2.21 bits per heavy atom. The fourth-order valence-electron chi connectivity index (χ4n) is 1.29. The Hall–Kier alpha value is -1.10. The topological polar surface area (TPSA) is 75.6 Å². The highest BCUT2D eigenvalue weighted by molar-refractivity contribution is 5.87. The van der Waals surface area contributed by atoms with Crippen molar-refractivity contribution in [2.24, 2.45) is 11.8 Å². The normalized spacial score (nSPS) is 26.5. The predicted molar refractivity (Wildman–Crippen MR) is 48.3 cm³/mol. The zero-order chi connectivity index (χ0) is 10.7. The van der Waals surface area contributed by atoms with Gasteiger partial charge < -0.3 is 15.2 Å². The van der Waals surface area contributed by atoms with Crippen LogP contribution in [-0.4, -0.2) is 36.7 Å². The van der Waals surface area contributed by atoms with Crippen molar-refractivity contribution in [2.45, 2.75) is 19.4 Å². The molecule has 0 aromatic rings. The monoisotopic (exact) mass is 201 g/mol. The summed E-state index contributed by atoms with van der Waals surface area (Å²) >= 11 is 0. The summed E-state index contributed by atoms with van der Waals surface area (Å²) in [5.41, 5.74) is 0. The minimum Gasteiger partial charge on any atom is -0.467 e. The maximum atomic E-state index is 11.4. The first-order chi connectivity index (χ1) is 6.60. The molecule has 1 saturated carbocycles. The van der Waals surface area contributed by atoms with Gasteiger partial charge in [0.1, 0.15) is 0 Å². The molecule has 14 heavy (non-hydrogen) atoms. The van der Waals surface area contributed by atoms with E-state index < -0.39 is 18.6 Å². The smallest absolute Gasteiger partial charge is 0.330 e. The van der Waals surface area contributed by atoms with Crippen LogP contribution in [0.2, 0.25) is 0 Å². The molecule has 0 heterocycles. The third-order valence-electron chi connectivity index (χ3n) is 2.43. The Kier molecular flexibility index (Phi) is 3.46. The summed E-state index contributed by atoms with van der Waals surface area (Å²) in [5, 5.41) is 11.3. The molecule has 0 saturated heterocycles. The zero-order valence-corrected chi connectivity index (χ0v) is 8.32. The Bertz CT molecular complexity index is 241. The lowest BCUT2D eigenvalue weighted by Gasteiger charge is -2.13. The second-order valence-corrected chi connectivity index (χ2v) is 3.59. The molecule has 1 aliphatic carbocycles. The number of ether oxygens (including phenoxy) is 1. The lowest BCUT2D eigenvalue weighted by Crippen LogP contribution is -2.44. The van der Waals surface area contributed by atoms with E-state index in [1.54, 1.807) is 0 Å². The zero-order valence-electron chi connectivity index (χ0n) is 8.32. The van der Waals surface area contributed by atoms with Gasteiger partial charge in [-0.3, -0.25) is 4.79 Å². The van der Waals surface area contributed by atoms with Crippen molar-refractivity contribution < 1.29 is 19.4 Å². The first-order valence-electron chi connectivity index (χ1n) is 4.59. The van der Waals surface area contributed by atoms with Gasteiger partial charge in [-0.05, 0) is 12.3 Å². The molecule has 0 aromatic carbocycles. The summed E-state index contributed by atoms with van der Waals surface area (Å²) in [6, 6.07) is -0.930. The number of nitrogens with one attached hydrogen (secondary N) is 1. The lowest BCUT2D eigenvalue weighted by atomic mass is 10.2. The highest BCUT2D eigenvalue weighted by Crippen LogP contribution is 2.37. The Balaban J connectivity index is 2.40. The number of rotatable bonds is 4. The van der Waals surface area contributed by atoms with Crippen molar-refractivity contribution in [2.75, 3.05) is 13.7 Å². The molecule has 2 N–H and O–H groups in total. The average Bonchev–Trinajstić information content (AvgIpc) is 2.90. The second-order valence-electron chi connectivity index (χ2n) is 3.59. The van der Waals surface area contributed by atoms with Gasteiger partial charge in [0.25, 0.3) is 0 Å². The summed E-state index contributed by atoms with van der Waals surface area (Å²) in [6.45, 7) is 1.54. The summed E-state index contributed by atoms with van der Waals surface area (Å²) < 4.78 is 4.42.